The minimum atomic E-state index is -0.500. The highest BCUT2D eigenvalue weighted by molar-refractivity contribution is 6.08. The van der Waals surface area contributed by atoms with Gasteiger partial charge in [-0.15, -0.1) is 0 Å². The molecule has 60 heavy (non-hydrogen) atoms. The lowest BCUT2D eigenvalue weighted by molar-refractivity contribution is -0.139. The molecule has 314 valence electrons. The van der Waals surface area contributed by atoms with Crippen LogP contribution in [0.25, 0.3) is 33.2 Å². The third kappa shape index (κ3) is 9.47. The first kappa shape index (κ1) is 43.4. The Kier molecular flexibility index (Phi) is 13.6. The predicted molar refractivity (Wildman–Crippen MR) is 238 cm³/mol. The molecule has 2 aromatic heterocycles. The van der Waals surface area contributed by atoms with Crippen molar-refractivity contribution >= 4 is 34.6 Å². The molecule has 4 aromatic carbocycles. The van der Waals surface area contributed by atoms with Crippen LogP contribution in [0.1, 0.15) is 74.0 Å². The summed E-state index contributed by atoms with van der Waals surface area (Å²) in [5, 5.41) is 12.4. The maximum absolute atomic E-state index is 12.8. The number of fused-ring (bicyclic) bond motifs is 3. The zero-order chi connectivity index (χ0) is 43.1. The normalized spacial score (nSPS) is 12.7. The van der Waals surface area contributed by atoms with Crippen molar-refractivity contribution in [3.63, 3.8) is 0 Å². The summed E-state index contributed by atoms with van der Waals surface area (Å²) in [7, 11) is 1.42. The van der Waals surface area contributed by atoms with Crippen molar-refractivity contribution in [1.29, 1.82) is 0 Å². The van der Waals surface area contributed by atoms with E-state index in [1.165, 1.54) is 34.9 Å². The van der Waals surface area contributed by atoms with Crippen LogP contribution in [0.2, 0.25) is 0 Å². The van der Waals surface area contributed by atoms with Crippen LogP contribution in [0.15, 0.2) is 91.3 Å². The van der Waals surface area contributed by atoms with Crippen molar-refractivity contribution in [3.05, 3.63) is 125 Å². The Morgan fingerprint density at radius 2 is 1.48 bits per heavy atom. The Labute approximate surface area is 353 Å². The van der Waals surface area contributed by atoms with Gasteiger partial charge in [-0.2, -0.15) is 0 Å². The molecule has 2 N–H and O–H groups in total. The van der Waals surface area contributed by atoms with E-state index >= 15 is 0 Å². The molecule has 3 heterocycles. The topological polar surface area (TPSA) is 128 Å². The van der Waals surface area contributed by atoms with E-state index in [1.54, 1.807) is 33.2 Å². The summed E-state index contributed by atoms with van der Waals surface area (Å²) in [5.41, 5.74) is 12.6. The van der Waals surface area contributed by atoms with Crippen LogP contribution in [0.5, 0.6) is 5.75 Å². The summed E-state index contributed by atoms with van der Waals surface area (Å²) < 4.78 is 19.0. The van der Waals surface area contributed by atoms with Crippen LogP contribution in [0, 0.1) is 20.8 Å². The van der Waals surface area contributed by atoms with Crippen molar-refractivity contribution in [2.75, 3.05) is 38.3 Å². The van der Waals surface area contributed by atoms with Gasteiger partial charge in [0.15, 0.2) is 5.75 Å². The van der Waals surface area contributed by atoms with E-state index in [2.05, 4.69) is 90.2 Å². The van der Waals surface area contributed by atoms with Gasteiger partial charge in [-0.25, -0.2) is 14.8 Å². The fourth-order valence-corrected chi connectivity index (χ4v) is 7.91. The van der Waals surface area contributed by atoms with Crippen LogP contribution in [-0.2, 0) is 27.2 Å². The molecule has 0 unspecified atom stereocenters. The van der Waals surface area contributed by atoms with Crippen molar-refractivity contribution in [1.82, 2.24) is 19.9 Å². The number of aliphatic hydroxyl groups is 1. The van der Waals surface area contributed by atoms with Crippen molar-refractivity contribution in [2.45, 2.75) is 79.9 Å². The second-order valence-corrected chi connectivity index (χ2v) is 15.8. The van der Waals surface area contributed by atoms with Gasteiger partial charge in [-0.1, -0.05) is 92.2 Å². The van der Waals surface area contributed by atoms with E-state index < -0.39 is 11.7 Å². The monoisotopic (exact) mass is 811 g/mol. The third-order valence-corrected chi connectivity index (χ3v) is 10.5. The molecule has 0 atom stereocenters. The number of carbonyl (C=O) groups excluding carboxylic acids is 2. The lowest BCUT2D eigenvalue weighted by Gasteiger charge is -2.33. The van der Waals surface area contributed by atoms with Gasteiger partial charge in [0.05, 0.1) is 49.3 Å². The van der Waals surface area contributed by atoms with E-state index in [9.17, 15) is 9.59 Å². The van der Waals surface area contributed by atoms with E-state index in [4.69, 9.17) is 29.3 Å². The summed E-state index contributed by atoms with van der Waals surface area (Å²) in [5.74, 6) is 0.731. The van der Waals surface area contributed by atoms with E-state index in [0.717, 1.165) is 51.1 Å². The highest BCUT2D eigenvalue weighted by atomic mass is 16.5. The number of hydrogen-bond acceptors (Lipinski definition) is 9. The zero-order valence-corrected chi connectivity index (χ0v) is 36.3. The van der Waals surface area contributed by atoms with Gasteiger partial charge >= 0.3 is 12.1 Å². The molecule has 11 nitrogen and oxygen atoms in total. The van der Waals surface area contributed by atoms with Crippen LogP contribution in [-0.4, -0.2) is 70.7 Å². The second-order valence-electron chi connectivity index (χ2n) is 15.8. The molecule has 0 saturated heterocycles. The Morgan fingerprint density at radius 1 is 0.883 bits per heavy atom. The molecule has 6 aromatic rings. The number of rotatable bonds is 10. The molecule has 1 aliphatic heterocycles. The average Bonchev–Trinajstić information content (AvgIpc) is 3.75. The molecule has 1 amide bonds. The van der Waals surface area contributed by atoms with Gasteiger partial charge < -0.3 is 34.1 Å². The first-order valence-corrected chi connectivity index (χ1v) is 20.6. The number of hydrogen-bond donors (Lipinski definition) is 2. The molecule has 0 saturated carbocycles. The smallest absolute Gasteiger partial charge is 0.407 e. The lowest BCUT2D eigenvalue weighted by Crippen LogP contribution is -2.30. The van der Waals surface area contributed by atoms with Crippen molar-refractivity contribution in [2.24, 2.45) is 0 Å². The summed E-state index contributed by atoms with van der Waals surface area (Å²) in [6.07, 6.45) is 2.95. The summed E-state index contributed by atoms with van der Waals surface area (Å²) in [6.45, 7) is 17.6. The Balaban J connectivity index is 0.000000804. The van der Waals surface area contributed by atoms with Gasteiger partial charge in [-0.05, 0) is 92.1 Å². The quantitative estimate of drug-likeness (QED) is 0.103. The number of methoxy groups -OCH3 is 1. The average molecular weight is 812 g/mol. The fourth-order valence-electron chi connectivity index (χ4n) is 7.91. The van der Waals surface area contributed by atoms with Crippen molar-refractivity contribution in [3.8, 4) is 28.0 Å². The number of carbonyl (C=O) groups is 2. The molecule has 0 radical (unpaired) electrons. The number of nitrogens with one attached hydrogen (secondary N) is 1. The number of amides is 1. The molecule has 0 spiro atoms. The molecule has 0 bridgehead atoms. The molecule has 11 heteroatoms. The molecular weight excluding hydrogens is 755 g/mol. The zero-order valence-electron chi connectivity index (χ0n) is 36.3. The van der Waals surface area contributed by atoms with E-state index in [1.807, 2.05) is 38.1 Å². The second kappa shape index (κ2) is 18.8. The summed E-state index contributed by atoms with van der Waals surface area (Å²) in [6, 6.07) is 27.2. The molecule has 0 fully saturated rings. The molecule has 8 rings (SSSR count). The van der Waals surface area contributed by atoms with Gasteiger partial charge in [0, 0.05) is 30.1 Å². The van der Waals surface area contributed by atoms with Crippen LogP contribution in [0.4, 0.5) is 16.4 Å². The Morgan fingerprint density at radius 3 is 2.08 bits per heavy atom. The van der Waals surface area contributed by atoms with Crippen LogP contribution in [0.3, 0.4) is 0 Å². The minimum absolute atomic E-state index is 0.00117. The first-order chi connectivity index (χ1) is 28.8. The van der Waals surface area contributed by atoms with Crippen LogP contribution < -0.4 is 15.0 Å². The lowest BCUT2D eigenvalue weighted by atomic mass is 9.88. The number of alkyl carbamates (subject to hydrolysis) is 1. The third-order valence-electron chi connectivity index (χ3n) is 10.5. The van der Waals surface area contributed by atoms with Crippen LogP contribution >= 0.6 is 0 Å². The number of aromatic nitrogens is 3. The van der Waals surface area contributed by atoms with E-state index in [0.29, 0.717) is 18.2 Å². The molecule has 1 aliphatic carbocycles. The van der Waals surface area contributed by atoms with Gasteiger partial charge in [0.25, 0.3) is 0 Å². The maximum Gasteiger partial charge on any atom is 0.407 e. The maximum atomic E-state index is 12.8. The molecule has 2 aliphatic rings. The van der Waals surface area contributed by atoms with Gasteiger partial charge in [-0.3, -0.25) is 4.79 Å². The number of nitrogens with zero attached hydrogens (tertiary/aromatic N) is 4. The SMILES string of the molecule is CC.CC(C)(C)O.COC(=O)Cc1c(C)c2c3c(cc(C)n3CCN2c2ncc(OCCNC(=O)OCC3c4ccccc4-c4ccccc43)cn2)c1-c1ccc(C)cc1. The Bertz CT molecular complexity index is 2400. The van der Waals surface area contributed by atoms with Gasteiger partial charge in [0.1, 0.15) is 13.2 Å². The Hall–Kier alpha value is -6.20. The number of aryl methyl sites for hydroxylation is 2. The number of anilines is 2. The largest absolute Gasteiger partial charge is 0.489 e. The number of esters is 1. The molecular formula is C49H57N5O6. The van der Waals surface area contributed by atoms with Crippen molar-refractivity contribution < 1.29 is 28.9 Å². The number of benzene rings is 4. The predicted octanol–water partition coefficient (Wildman–Crippen LogP) is 9.61. The highest BCUT2D eigenvalue weighted by Crippen LogP contribution is 2.47. The minimum Gasteiger partial charge on any atom is -0.489 e. The van der Waals surface area contributed by atoms with Gasteiger partial charge in [0.2, 0.25) is 5.95 Å². The standard InChI is InChI=1S/C43H41N5O5.C4H10O.C2H6/c1-26-13-15-29(16-14-26)39-35(22-38(49)51-4)28(3)40-41-36(39)21-27(2)47(41)18-19-48(40)42-45-23-30(24-46-42)52-20-17-44-43(50)53-25-37-33-11-7-5-9-31(33)32-10-6-8-12-34(32)37;1-4(2,3)5;1-2/h5-16,21,23-24,37H,17-20,22,25H2,1-4H3,(H,44,50);5H,1-3H3;1-2H3. The highest BCUT2D eigenvalue weighted by Gasteiger charge is 2.31. The number of ether oxygens (including phenoxy) is 3. The summed E-state index contributed by atoms with van der Waals surface area (Å²) >= 11 is 0. The summed E-state index contributed by atoms with van der Waals surface area (Å²) in [4.78, 5) is 36.9. The fraction of sp³-hybridized carbons (Fsp3) is 0.347. The first-order valence-electron chi connectivity index (χ1n) is 20.6. The van der Waals surface area contributed by atoms with E-state index in [-0.39, 0.29) is 38.1 Å².